The number of nitrogens with one attached hydrogen (secondary N) is 1. The van der Waals surface area contributed by atoms with E-state index in [4.69, 9.17) is 0 Å². The molecule has 7 heteroatoms. The number of hydrogen-bond acceptors (Lipinski definition) is 4. The minimum Gasteiger partial charge on any atom is -0.320 e. The summed E-state index contributed by atoms with van der Waals surface area (Å²) in [5.41, 5.74) is 2.32. The predicted octanol–water partition coefficient (Wildman–Crippen LogP) is 3.63. The summed E-state index contributed by atoms with van der Waals surface area (Å²) >= 11 is 4.68. The molecule has 23 heavy (non-hydrogen) atoms. The van der Waals surface area contributed by atoms with Crippen molar-refractivity contribution >= 4 is 49.1 Å². The lowest BCUT2D eigenvalue weighted by molar-refractivity contribution is 0.103. The smallest absolute Gasteiger partial charge is 0.266 e. The van der Waals surface area contributed by atoms with Gasteiger partial charge in [0.05, 0.1) is 22.3 Å². The summed E-state index contributed by atoms with van der Waals surface area (Å²) < 4.78 is 2.24. The lowest BCUT2D eigenvalue weighted by atomic mass is 10.2. The first-order valence-electron chi connectivity index (χ1n) is 6.90. The molecule has 5 nitrogen and oxygen atoms in total. The molecule has 3 aromatic rings. The number of hydrogen-bond donors (Lipinski definition) is 1. The fourth-order valence-corrected chi connectivity index (χ4v) is 3.95. The average Bonchev–Trinajstić information content (AvgIpc) is 2.84. The van der Waals surface area contributed by atoms with Crippen molar-refractivity contribution < 1.29 is 4.79 Å². The van der Waals surface area contributed by atoms with Gasteiger partial charge in [0.1, 0.15) is 4.83 Å². The molecule has 1 aromatic carbocycles. The van der Waals surface area contributed by atoms with Crippen molar-refractivity contribution in [1.82, 2.24) is 9.55 Å². The van der Waals surface area contributed by atoms with Crippen LogP contribution in [-0.4, -0.2) is 15.5 Å². The Bertz CT molecular complexity index is 991. The van der Waals surface area contributed by atoms with Crippen LogP contribution in [0, 0.1) is 13.8 Å². The maximum atomic E-state index is 12.6. The first kappa shape index (κ1) is 15.9. The van der Waals surface area contributed by atoms with Gasteiger partial charge < -0.3 is 9.88 Å². The van der Waals surface area contributed by atoms with Gasteiger partial charge in [0.25, 0.3) is 11.5 Å². The number of amides is 1. The number of benzene rings is 1. The summed E-state index contributed by atoms with van der Waals surface area (Å²) in [5.74, 6) is -0.239. The molecular formula is C16H14BrN3O2S. The van der Waals surface area contributed by atoms with E-state index in [9.17, 15) is 9.59 Å². The van der Waals surface area contributed by atoms with Gasteiger partial charge in [0.2, 0.25) is 0 Å². The van der Waals surface area contributed by atoms with Crippen LogP contribution >= 0.6 is 27.3 Å². The molecule has 0 radical (unpaired) electrons. The van der Waals surface area contributed by atoms with Crippen molar-refractivity contribution in [3.63, 3.8) is 0 Å². The number of carbonyl (C=O) groups excluding carboxylic acids is 1. The molecule has 1 amide bonds. The number of rotatable bonds is 2. The number of thiophene rings is 1. The number of aromatic nitrogens is 2. The van der Waals surface area contributed by atoms with Crippen LogP contribution in [0.2, 0.25) is 0 Å². The maximum Gasteiger partial charge on any atom is 0.266 e. The highest BCUT2D eigenvalue weighted by Crippen LogP contribution is 2.29. The zero-order chi connectivity index (χ0) is 16.7. The molecule has 0 saturated carbocycles. The third-order valence-electron chi connectivity index (χ3n) is 3.59. The largest absolute Gasteiger partial charge is 0.320 e. The summed E-state index contributed by atoms with van der Waals surface area (Å²) in [4.78, 5) is 30.1. The van der Waals surface area contributed by atoms with E-state index < -0.39 is 0 Å². The van der Waals surface area contributed by atoms with Crippen LogP contribution in [0.5, 0.6) is 0 Å². The summed E-state index contributed by atoms with van der Waals surface area (Å²) in [6.07, 6.45) is 1.47. The number of aryl methyl sites for hydroxylation is 3. The van der Waals surface area contributed by atoms with E-state index in [1.165, 1.54) is 22.2 Å². The Balaban J connectivity index is 2.03. The highest BCUT2D eigenvalue weighted by molar-refractivity contribution is 9.10. The molecular weight excluding hydrogens is 378 g/mol. The molecule has 1 N–H and O–H groups in total. The average molecular weight is 392 g/mol. The second kappa shape index (κ2) is 5.90. The van der Waals surface area contributed by atoms with E-state index in [0.717, 1.165) is 10.0 Å². The number of fused-ring (bicyclic) bond motifs is 1. The van der Waals surface area contributed by atoms with Crippen molar-refractivity contribution in [2.24, 2.45) is 7.05 Å². The van der Waals surface area contributed by atoms with Gasteiger partial charge in [-0.05, 0) is 53.0 Å². The van der Waals surface area contributed by atoms with Crippen LogP contribution in [0.3, 0.4) is 0 Å². The van der Waals surface area contributed by atoms with E-state index in [2.05, 4.69) is 26.2 Å². The molecule has 2 aromatic heterocycles. The molecule has 0 unspecified atom stereocenters. The Morgan fingerprint density at radius 3 is 2.78 bits per heavy atom. The topological polar surface area (TPSA) is 64.0 Å². The van der Waals surface area contributed by atoms with E-state index in [1.807, 2.05) is 25.1 Å². The van der Waals surface area contributed by atoms with Crippen molar-refractivity contribution in [1.29, 1.82) is 0 Å². The van der Waals surface area contributed by atoms with Gasteiger partial charge >= 0.3 is 0 Å². The molecule has 0 aliphatic rings. The Morgan fingerprint density at radius 1 is 1.35 bits per heavy atom. The summed E-state index contributed by atoms with van der Waals surface area (Å²) in [6, 6.07) is 5.71. The molecule has 0 spiro atoms. The van der Waals surface area contributed by atoms with Gasteiger partial charge in [0.15, 0.2) is 0 Å². The summed E-state index contributed by atoms with van der Waals surface area (Å²) in [5, 5.41) is 3.39. The monoisotopic (exact) mass is 391 g/mol. The SMILES string of the molecule is Cc1ccc(NC(=O)c2sc3ncn(C)c(=O)c3c2C)c(Br)c1. The fraction of sp³-hybridized carbons (Fsp3) is 0.188. The number of anilines is 1. The summed E-state index contributed by atoms with van der Waals surface area (Å²) in [7, 11) is 1.65. The quantitative estimate of drug-likeness (QED) is 0.725. The van der Waals surface area contributed by atoms with Crippen LogP contribution in [0.4, 0.5) is 5.69 Å². The first-order valence-corrected chi connectivity index (χ1v) is 8.51. The van der Waals surface area contributed by atoms with Crippen molar-refractivity contribution in [3.8, 4) is 0 Å². The lowest BCUT2D eigenvalue weighted by Crippen LogP contribution is -2.17. The third-order valence-corrected chi connectivity index (χ3v) is 5.44. The second-order valence-electron chi connectivity index (χ2n) is 5.33. The Hall–Kier alpha value is -1.99. The highest BCUT2D eigenvalue weighted by atomic mass is 79.9. The van der Waals surface area contributed by atoms with Crippen molar-refractivity contribution in [3.05, 3.63) is 55.4 Å². The van der Waals surface area contributed by atoms with Gasteiger partial charge in [-0.1, -0.05) is 6.07 Å². The van der Waals surface area contributed by atoms with Crippen molar-refractivity contribution in [2.75, 3.05) is 5.32 Å². The van der Waals surface area contributed by atoms with Gasteiger partial charge in [-0.25, -0.2) is 4.98 Å². The normalized spacial score (nSPS) is 11.0. The van der Waals surface area contributed by atoms with Crippen LogP contribution in [-0.2, 0) is 7.05 Å². The number of carbonyl (C=O) groups is 1. The van der Waals surface area contributed by atoms with Crippen LogP contribution in [0.1, 0.15) is 20.8 Å². The van der Waals surface area contributed by atoms with Crippen LogP contribution in [0.15, 0.2) is 33.8 Å². The molecule has 0 atom stereocenters. The maximum absolute atomic E-state index is 12.6. The van der Waals surface area contributed by atoms with Gasteiger partial charge in [-0.2, -0.15) is 0 Å². The predicted molar refractivity (Wildman–Crippen MR) is 96.4 cm³/mol. The molecule has 0 fully saturated rings. The first-order chi connectivity index (χ1) is 10.9. The number of nitrogens with zero attached hydrogens (tertiary/aromatic N) is 2. The fourth-order valence-electron chi connectivity index (χ4n) is 2.33. The van der Waals surface area contributed by atoms with E-state index in [0.29, 0.717) is 26.3 Å². The second-order valence-corrected chi connectivity index (χ2v) is 7.19. The van der Waals surface area contributed by atoms with Crippen LogP contribution in [0.25, 0.3) is 10.2 Å². The molecule has 3 rings (SSSR count). The summed E-state index contributed by atoms with van der Waals surface area (Å²) in [6.45, 7) is 3.76. The molecule has 0 bridgehead atoms. The highest BCUT2D eigenvalue weighted by Gasteiger charge is 2.19. The minimum atomic E-state index is -0.239. The van der Waals surface area contributed by atoms with E-state index in [1.54, 1.807) is 14.0 Å². The van der Waals surface area contributed by atoms with E-state index >= 15 is 0 Å². The lowest BCUT2D eigenvalue weighted by Gasteiger charge is -2.07. The molecule has 0 saturated heterocycles. The zero-order valence-corrected chi connectivity index (χ0v) is 15.2. The van der Waals surface area contributed by atoms with E-state index in [-0.39, 0.29) is 11.5 Å². The Kier molecular flexibility index (Phi) is 4.08. The Morgan fingerprint density at radius 2 is 2.09 bits per heavy atom. The standard InChI is InChI=1S/C16H14BrN3O2S/c1-8-4-5-11(10(17)6-8)19-14(21)13-9(2)12-15(23-13)18-7-20(3)16(12)22/h4-7H,1-3H3,(H,19,21). The third kappa shape index (κ3) is 2.82. The molecule has 2 heterocycles. The van der Waals surface area contributed by atoms with Gasteiger partial charge in [-0.15, -0.1) is 11.3 Å². The van der Waals surface area contributed by atoms with Gasteiger partial charge in [0, 0.05) is 11.5 Å². The molecule has 0 aliphatic carbocycles. The molecule has 118 valence electrons. The molecule has 0 aliphatic heterocycles. The Labute approximate surface area is 145 Å². The number of halogens is 1. The van der Waals surface area contributed by atoms with Gasteiger partial charge in [-0.3, -0.25) is 9.59 Å². The van der Waals surface area contributed by atoms with Crippen molar-refractivity contribution in [2.45, 2.75) is 13.8 Å². The zero-order valence-electron chi connectivity index (χ0n) is 12.8. The minimum absolute atomic E-state index is 0.140. The van der Waals surface area contributed by atoms with Crippen LogP contribution < -0.4 is 10.9 Å².